The number of carbonyl (C=O) groups excluding carboxylic acids is 1. The topological polar surface area (TPSA) is 118 Å². The number of hydrogen-bond acceptors (Lipinski definition) is 5. The fraction of sp³-hybridized carbons (Fsp3) is 0.150. The number of hydrogen-bond donors (Lipinski definition) is 3. The Labute approximate surface area is 159 Å². The Bertz CT molecular complexity index is 1110. The quantitative estimate of drug-likeness (QED) is 0.596. The average molecular weight is 382 g/mol. The van der Waals surface area contributed by atoms with Crippen LogP contribution in [-0.2, 0) is 11.3 Å². The van der Waals surface area contributed by atoms with E-state index in [0.29, 0.717) is 11.3 Å². The van der Waals surface area contributed by atoms with Gasteiger partial charge in [0.25, 0.3) is 11.5 Å². The van der Waals surface area contributed by atoms with Gasteiger partial charge in [0.2, 0.25) is 0 Å². The highest BCUT2D eigenvalue weighted by molar-refractivity contribution is 6.03. The summed E-state index contributed by atoms with van der Waals surface area (Å²) in [4.78, 5) is 36.2. The lowest BCUT2D eigenvalue weighted by atomic mass is 10.1. The van der Waals surface area contributed by atoms with Gasteiger partial charge in [-0.15, -0.1) is 0 Å². The minimum atomic E-state index is -1.26. The van der Waals surface area contributed by atoms with E-state index >= 15 is 0 Å². The third-order valence-corrected chi connectivity index (χ3v) is 4.26. The van der Waals surface area contributed by atoms with Gasteiger partial charge < -0.3 is 24.8 Å². The first-order valence-electron chi connectivity index (χ1n) is 8.39. The normalized spacial score (nSPS) is 10.6. The second-order valence-electron chi connectivity index (χ2n) is 6.06. The molecule has 0 aliphatic rings. The number of aromatic nitrogens is 1. The molecule has 2 aromatic carbocycles. The number of amides is 1. The minimum Gasteiger partial charge on any atom is -0.506 e. The van der Waals surface area contributed by atoms with Crippen molar-refractivity contribution >= 4 is 22.8 Å². The van der Waals surface area contributed by atoms with Crippen LogP contribution in [0, 0.1) is 0 Å². The van der Waals surface area contributed by atoms with E-state index in [-0.39, 0.29) is 11.9 Å². The summed E-state index contributed by atoms with van der Waals surface area (Å²) in [5.41, 5.74) is 0.00563. The number of methoxy groups -OCH3 is 1. The molecule has 3 rings (SSSR count). The Kier molecular flexibility index (Phi) is 5.30. The lowest BCUT2D eigenvalue weighted by Crippen LogP contribution is -2.36. The highest BCUT2D eigenvalue weighted by atomic mass is 16.5. The number of aliphatic carboxylic acids is 1. The number of carbonyl (C=O) groups is 2. The monoisotopic (exact) mass is 382 g/mol. The molecule has 8 nitrogen and oxygen atoms in total. The van der Waals surface area contributed by atoms with Crippen LogP contribution in [0.15, 0.2) is 53.3 Å². The summed E-state index contributed by atoms with van der Waals surface area (Å²) >= 11 is 0. The fourth-order valence-corrected chi connectivity index (χ4v) is 2.92. The van der Waals surface area contributed by atoms with Crippen molar-refractivity contribution in [3.8, 4) is 11.5 Å². The molecule has 0 saturated carbocycles. The maximum atomic E-state index is 13.0. The zero-order chi connectivity index (χ0) is 20.3. The molecule has 28 heavy (non-hydrogen) atoms. The SMILES string of the molecule is COc1ccc2c(c1)c(O)c(C(=O)NCC(=O)O)c(=O)n2Cc1ccccc1. The van der Waals surface area contributed by atoms with E-state index in [2.05, 4.69) is 5.32 Å². The average Bonchev–Trinajstić information content (AvgIpc) is 2.70. The summed E-state index contributed by atoms with van der Waals surface area (Å²) in [5.74, 6) is -2.31. The fourth-order valence-electron chi connectivity index (χ4n) is 2.92. The number of nitrogens with zero attached hydrogens (tertiary/aromatic N) is 1. The smallest absolute Gasteiger partial charge is 0.322 e. The molecule has 0 aliphatic heterocycles. The largest absolute Gasteiger partial charge is 0.506 e. The van der Waals surface area contributed by atoms with Gasteiger partial charge in [0, 0.05) is 5.39 Å². The van der Waals surface area contributed by atoms with Crippen LogP contribution in [0.2, 0.25) is 0 Å². The Morgan fingerprint density at radius 2 is 1.86 bits per heavy atom. The van der Waals surface area contributed by atoms with E-state index in [1.54, 1.807) is 12.1 Å². The molecule has 1 heterocycles. The van der Waals surface area contributed by atoms with Crippen LogP contribution in [0.25, 0.3) is 10.9 Å². The Balaban J connectivity index is 2.23. The summed E-state index contributed by atoms with van der Waals surface area (Å²) in [7, 11) is 1.46. The van der Waals surface area contributed by atoms with Crippen molar-refractivity contribution in [1.29, 1.82) is 0 Å². The second kappa shape index (κ2) is 7.83. The number of aromatic hydroxyl groups is 1. The van der Waals surface area contributed by atoms with Gasteiger partial charge in [0.15, 0.2) is 0 Å². The van der Waals surface area contributed by atoms with Gasteiger partial charge in [0.05, 0.1) is 19.2 Å². The van der Waals surface area contributed by atoms with Gasteiger partial charge in [-0.25, -0.2) is 0 Å². The van der Waals surface area contributed by atoms with Crippen molar-refractivity contribution in [3.05, 3.63) is 70.0 Å². The molecule has 3 N–H and O–H groups in total. The Hall–Kier alpha value is -3.81. The number of benzene rings is 2. The number of nitrogens with one attached hydrogen (secondary N) is 1. The van der Waals surface area contributed by atoms with Gasteiger partial charge in [-0.05, 0) is 23.8 Å². The number of rotatable bonds is 6. The maximum Gasteiger partial charge on any atom is 0.322 e. The number of ether oxygens (including phenoxy) is 1. The zero-order valence-corrected chi connectivity index (χ0v) is 15.0. The van der Waals surface area contributed by atoms with Crippen LogP contribution in [0.4, 0.5) is 0 Å². The van der Waals surface area contributed by atoms with Gasteiger partial charge in [0.1, 0.15) is 23.6 Å². The van der Waals surface area contributed by atoms with Gasteiger partial charge in [-0.1, -0.05) is 30.3 Å². The summed E-state index contributed by atoms with van der Waals surface area (Å²) < 4.78 is 6.53. The van der Waals surface area contributed by atoms with Gasteiger partial charge >= 0.3 is 5.97 Å². The van der Waals surface area contributed by atoms with Gasteiger partial charge in [-0.2, -0.15) is 0 Å². The van der Waals surface area contributed by atoms with Crippen LogP contribution in [0.3, 0.4) is 0 Å². The predicted octanol–water partition coefficient (Wildman–Crippen LogP) is 1.58. The van der Waals surface area contributed by atoms with Crippen molar-refractivity contribution in [2.75, 3.05) is 13.7 Å². The van der Waals surface area contributed by atoms with Gasteiger partial charge in [-0.3, -0.25) is 14.4 Å². The molecule has 1 amide bonds. The summed E-state index contributed by atoms with van der Waals surface area (Å²) in [6.07, 6.45) is 0. The Morgan fingerprint density at radius 3 is 2.50 bits per heavy atom. The third-order valence-electron chi connectivity index (χ3n) is 4.26. The molecule has 0 aliphatic carbocycles. The molecule has 3 aromatic rings. The Morgan fingerprint density at radius 1 is 1.14 bits per heavy atom. The summed E-state index contributed by atoms with van der Waals surface area (Å²) in [5, 5.41) is 21.7. The van der Waals surface area contributed by atoms with Crippen LogP contribution < -0.4 is 15.6 Å². The van der Waals surface area contributed by atoms with Crippen LogP contribution >= 0.6 is 0 Å². The molecule has 0 atom stereocenters. The summed E-state index contributed by atoms with van der Waals surface area (Å²) in [6, 6.07) is 13.9. The third kappa shape index (κ3) is 3.66. The molecular formula is C20H18N2O6. The predicted molar refractivity (Wildman–Crippen MR) is 102 cm³/mol. The number of carboxylic acid groups (broad SMARTS) is 1. The van der Waals surface area contributed by atoms with E-state index in [0.717, 1.165) is 5.56 Å². The highest BCUT2D eigenvalue weighted by Gasteiger charge is 2.23. The van der Waals surface area contributed by atoms with Crippen molar-refractivity contribution in [2.24, 2.45) is 0 Å². The summed E-state index contributed by atoms with van der Waals surface area (Å²) in [6.45, 7) is -0.505. The number of fused-ring (bicyclic) bond motifs is 1. The molecule has 0 spiro atoms. The molecule has 8 heteroatoms. The van der Waals surface area contributed by atoms with E-state index < -0.39 is 35.3 Å². The van der Waals surface area contributed by atoms with E-state index in [1.807, 2.05) is 30.3 Å². The molecule has 1 aromatic heterocycles. The lowest BCUT2D eigenvalue weighted by Gasteiger charge is -2.15. The second-order valence-corrected chi connectivity index (χ2v) is 6.06. The first-order valence-corrected chi connectivity index (χ1v) is 8.39. The van der Waals surface area contributed by atoms with E-state index in [1.165, 1.54) is 17.7 Å². The number of carboxylic acids is 1. The van der Waals surface area contributed by atoms with E-state index in [4.69, 9.17) is 9.84 Å². The molecule has 0 saturated heterocycles. The molecular weight excluding hydrogens is 364 g/mol. The maximum absolute atomic E-state index is 13.0. The highest BCUT2D eigenvalue weighted by Crippen LogP contribution is 2.30. The lowest BCUT2D eigenvalue weighted by molar-refractivity contribution is -0.135. The first-order chi connectivity index (χ1) is 13.4. The molecule has 0 unspecified atom stereocenters. The van der Waals surface area contributed by atoms with Crippen molar-refractivity contribution < 1.29 is 24.5 Å². The first kappa shape index (κ1) is 19.0. The van der Waals surface area contributed by atoms with E-state index in [9.17, 15) is 19.5 Å². The van der Waals surface area contributed by atoms with Crippen molar-refractivity contribution in [2.45, 2.75) is 6.54 Å². The zero-order valence-electron chi connectivity index (χ0n) is 15.0. The minimum absolute atomic E-state index is 0.169. The van der Waals surface area contributed by atoms with Crippen molar-refractivity contribution in [1.82, 2.24) is 9.88 Å². The van der Waals surface area contributed by atoms with Crippen LogP contribution in [0.1, 0.15) is 15.9 Å². The number of pyridine rings is 1. The molecule has 0 radical (unpaired) electrons. The van der Waals surface area contributed by atoms with Crippen molar-refractivity contribution in [3.63, 3.8) is 0 Å². The molecule has 144 valence electrons. The molecule has 0 fully saturated rings. The standard InChI is InChI=1S/C20H18N2O6/c1-28-13-7-8-15-14(9-13)18(25)17(19(26)21-10-16(23)24)20(27)22(15)11-12-5-3-2-4-6-12/h2-9,25H,10-11H2,1H3,(H,21,26)(H,23,24). The van der Waals surface area contributed by atoms with Crippen LogP contribution in [-0.4, -0.2) is 40.3 Å². The van der Waals surface area contributed by atoms with Crippen LogP contribution in [0.5, 0.6) is 11.5 Å². The molecule has 0 bridgehead atoms.